The molecule has 90 valence electrons. The van der Waals surface area contributed by atoms with Gasteiger partial charge in [-0.05, 0) is 12.1 Å². The zero-order valence-corrected chi connectivity index (χ0v) is 9.31. The van der Waals surface area contributed by atoms with Crippen LogP contribution in [0, 0.1) is 0 Å². The quantitative estimate of drug-likeness (QED) is 0.819. The molecular weight excluding hydrogens is 271 g/mol. The van der Waals surface area contributed by atoms with E-state index in [1.54, 1.807) is 0 Å². The molecule has 1 aromatic rings. The molecule has 1 heterocycles. The molecule has 0 aliphatic rings. The molecule has 0 unspecified atom stereocenters. The second-order valence-corrected chi connectivity index (χ2v) is 4.98. The lowest BCUT2D eigenvalue weighted by Gasteiger charge is -2.18. The molecular formula is C6H5ClF3N3O2S. The van der Waals surface area contributed by atoms with Crippen LogP contribution in [0.5, 0.6) is 0 Å². The number of aromatic nitrogens is 2. The number of rotatable bonds is 2. The summed E-state index contributed by atoms with van der Waals surface area (Å²) in [6.07, 6.45) is 0. The molecule has 0 N–H and O–H groups in total. The highest BCUT2D eigenvalue weighted by molar-refractivity contribution is 7.93. The summed E-state index contributed by atoms with van der Waals surface area (Å²) in [5, 5.41) is 6.41. The fraction of sp³-hybridized carbons (Fsp3) is 0.333. The molecule has 1 rings (SSSR count). The van der Waals surface area contributed by atoms with Gasteiger partial charge in [0.25, 0.3) is 0 Å². The molecule has 1 aromatic heterocycles. The molecule has 16 heavy (non-hydrogen) atoms. The zero-order valence-electron chi connectivity index (χ0n) is 7.73. The van der Waals surface area contributed by atoms with Crippen molar-refractivity contribution >= 4 is 27.4 Å². The van der Waals surface area contributed by atoms with Crippen molar-refractivity contribution in [1.82, 2.24) is 10.2 Å². The first-order valence-electron chi connectivity index (χ1n) is 3.70. The van der Waals surface area contributed by atoms with Crippen molar-refractivity contribution in [3.8, 4) is 0 Å². The number of alkyl halides is 3. The van der Waals surface area contributed by atoms with E-state index in [-0.39, 0.29) is 9.46 Å². The molecule has 0 radical (unpaired) electrons. The predicted molar refractivity (Wildman–Crippen MR) is 50.4 cm³/mol. The van der Waals surface area contributed by atoms with Crippen molar-refractivity contribution in [2.75, 3.05) is 11.4 Å². The number of hydrogen-bond acceptors (Lipinski definition) is 4. The molecule has 0 aliphatic carbocycles. The molecule has 10 heteroatoms. The highest BCUT2D eigenvalue weighted by Crippen LogP contribution is 2.28. The molecule has 0 bridgehead atoms. The zero-order chi connectivity index (χ0) is 12.6. The third kappa shape index (κ3) is 2.35. The maximum Gasteiger partial charge on any atom is 0.516 e. The minimum absolute atomic E-state index is 0.0175. The lowest BCUT2D eigenvalue weighted by atomic mass is 10.5. The van der Waals surface area contributed by atoms with Crippen LogP contribution in [0.4, 0.5) is 19.0 Å². The van der Waals surface area contributed by atoms with Crippen LogP contribution < -0.4 is 4.31 Å². The van der Waals surface area contributed by atoms with Crippen molar-refractivity contribution < 1.29 is 21.6 Å². The van der Waals surface area contributed by atoms with Crippen molar-refractivity contribution in [3.63, 3.8) is 0 Å². The van der Waals surface area contributed by atoms with Crippen molar-refractivity contribution in [3.05, 3.63) is 17.3 Å². The standard InChI is InChI=1S/C6H5ClF3N3O2S/c1-13(16(14,15)6(8,9)10)5-3-2-4(7)11-12-5/h2-3H,1H3. The van der Waals surface area contributed by atoms with Gasteiger partial charge < -0.3 is 0 Å². The van der Waals surface area contributed by atoms with Crippen LogP contribution in [0.2, 0.25) is 5.15 Å². The maximum atomic E-state index is 12.1. The lowest BCUT2D eigenvalue weighted by molar-refractivity contribution is -0.0437. The van der Waals surface area contributed by atoms with Gasteiger partial charge in [-0.25, -0.2) is 4.31 Å². The Kier molecular flexibility index (Phi) is 3.29. The molecule has 0 spiro atoms. The molecule has 0 amide bonds. The van der Waals surface area contributed by atoms with Crippen LogP contribution in [0.3, 0.4) is 0 Å². The summed E-state index contributed by atoms with van der Waals surface area (Å²) in [5.74, 6) is -0.471. The highest BCUT2D eigenvalue weighted by Gasteiger charge is 2.49. The summed E-state index contributed by atoms with van der Waals surface area (Å²) < 4.78 is 58.3. The van der Waals surface area contributed by atoms with Crippen LogP contribution in [0.25, 0.3) is 0 Å². The van der Waals surface area contributed by atoms with Gasteiger partial charge in [0.15, 0.2) is 11.0 Å². The van der Waals surface area contributed by atoms with Crippen LogP contribution in [0.1, 0.15) is 0 Å². The summed E-state index contributed by atoms with van der Waals surface area (Å²) >= 11 is 5.36. The molecule has 0 atom stereocenters. The molecule has 0 aromatic carbocycles. The van der Waals surface area contributed by atoms with Gasteiger partial charge in [-0.15, -0.1) is 10.2 Å². The fourth-order valence-corrected chi connectivity index (χ4v) is 1.51. The number of halogens is 4. The van der Waals surface area contributed by atoms with Crippen LogP contribution in [0.15, 0.2) is 12.1 Å². The van der Waals surface area contributed by atoms with E-state index >= 15 is 0 Å². The minimum Gasteiger partial charge on any atom is -0.248 e. The summed E-state index contributed by atoms with van der Waals surface area (Å²) in [7, 11) is -4.73. The monoisotopic (exact) mass is 275 g/mol. The van der Waals surface area contributed by atoms with Crippen molar-refractivity contribution in [1.29, 1.82) is 0 Å². The summed E-state index contributed by atoms with van der Waals surface area (Å²) in [6, 6.07) is 2.14. The Morgan fingerprint density at radius 3 is 2.25 bits per heavy atom. The molecule has 0 saturated carbocycles. The lowest BCUT2D eigenvalue weighted by Crippen LogP contribution is -2.38. The van der Waals surface area contributed by atoms with E-state index in [0.29, 0.717) is 0 Å². The first kappa shape index (κ1) is 13.0. The normalized spacial score (nSPS) is 12.6. The van der Waals surface area contributed by atoms with Gasteiger partial charge in [-0.1, -0.05) is 11.6 Å². The van der Waals surface area contributed by atoms with E-state index in [2.05, 4.69) is 10.2 Å². The van der Waals surface area contributed by atoms with Crippen LogP contribution in [-0.4, -0.2) is 31.2 Å². The second-order valence-electron chi connectivity index (χ2n) is 2.63. The van der Waals surface area contributed by atoms with Gasteiger partial charge in [-0.2, -0.15) is 21.6 Å². The smallest absolute Gasteiger partial charge is 0.248 e. The van der Waals surface area contributed by atoms with Crippen molar-refractivity contribution in [2.24, 2.45) is 0 Å². The summed E-state index contributed by atoms with van der Waals surface area (Å²) in [6.45, 7) is 0. The average Bonchev–Trinajstić information content (AvgIpc) is 2.16. The topological polar surface area (TPSA) is 63.2 Å². The van der Waals surface area contributed by atoms with Gasteiger partial charge in [0.2, 0.25) is 0 Å². The second kappa shape index (κ2) is 4.06. The van der Waals surface area contributed by atoms with Gasteiger partial charge in [-0.3, -0.25) is 0 Å². The van der Waals surface area contributed by atoms with Gasteiger partial charge in [0, 0.05) is 7.05 Å². The Labute approximate surface area is 93.9 Å². The number of nitrogens with zero attached hydrogens (tertiary/aromatic N) is 3. The summed E-state index contributed by atoms with van der Waals surface area (Å²) in [5.41, 5.74) is -5.39. The van der Waals surface area contributed by atoms with Gasteiger partial charge >= 0.3 is 15.5 Å². The molecule has 0 aliphatic heterocycles. The fourth-order valence-electron chi connectivity index (χ4n) is 0.755. The van der Waals surface area contributed by atoms with E-state index < -0.39 is 21.3 Å². The van der Waals surface area contributed by atoms with E-state index in [0.717, 1.165) is 19.2 Å². The third-order valence-corrected chi connectivity index (χ3v) is 3.29. The molecule has 5 nitrogen and oxygen atoms in total. The van der Waals surface area contributed by atoms with Gasteiger partial charge in [0.1, 0.15) is 0 Å². The third-order valence-electron chi connectivity index (χ3n) is 1.59. The highest BCUT2D eigenvalue weighted by atomic mass is 35.5. The Morgan fingerprint density at radius 2 is 1.88 bits per heavy atom. The van der Waals surface area contributed by atoms with Crippen LogP contribution in [-0.2, 0) is 10.0 Å². The van der Waals surface area contributed by atoms with Crippen LogP contribution >= 0.6 is 11.6 Å². The predicted octanol–water partition coefficient (Wildman–Crippen LogP) is 1.42. The number of hydrogen-bond donors (Lipinski definition) is 0. The Bertz CT molecular complexity index is 473. The minimum atomic E-state index is -5.45. The average molecular weight is 276 g/mol. The van der Waals surface area contributed by atoms with Gasteiger partial charge in [0.05, 0.1) is 0 Å². The largest absolute Gasteiger partial charge is 0.516 e. The van der Waals surface area contributed by atoms with E-state index in [1.807, 2.05) is 0 Å². The Morgan fingerprint density at radius 1 is 1.31 bits per heavy atom. The molecule has 0 fully saturated rings. The van der Waals surface area contributed by atoms with Crippen molar-refractivity contribution in [2.45, 2.75) is 5.51 Å². The maximum absolute atomic E-state index is 12.1. The summed E-state index contributed by atoms with van der Waals surface area (Å²) in [4.78, 5) is 0. The Balaban J connectivity index is 3.13. The van der Waals surface area contributed by atoms with E-state index in [1.165, 1.54) is 0 Å². The molecule has 0 saturated heterocycles. The van der Waals surface area contributed by atoms with E-state index in [4.69, 9.17) is 11.6 Å². The Hall–Kier alpha value is -1.09. The first-order chi connectivity index (χ1) is 7.16. The number of anilines is 1. The first-order valence-corrected chi connectivity index (χ1v) is 5.52. The number of sulfonamides is 1. The van der Waals surface area contributed by atoms with E-state index in [9.17, 15) is 21.6 Å². The SMILES string of the molecule is CN(c1ccc(Cl)nn1)S(=O)(=O)C(F)(F)F.